The number of hydrogen-bond donors (Lipinski definition) is 0. The Kier molecular flexibility index (Phi) is 7.18. The zero-order chi connectivity index (χ0) is 25.3. The van der Waals surface area contributed by atoms with Crippen molar-refractivity contribution in [2.75, 3.05) is 26.2 Å². The van der Waals surface area contributed by atoms with Crippen molar-refractivity contribution in [2.45, 2.75) is 65.8 Å². The van der Waals surface area contributed by atoms with Crippen LogP contribution in [0.2, 0.25) is 0 Å². The van der Waals surface area contributed by atoms with E-state index < -0.39 is 6.04 Å². The number of amides is 1. The lowest BCUT2D eigenvalue weighted by molar-refractivity contribution is 0.0720. The number of nitrogens with zero attached hydrogens (tertiary/aromatic N) is 2. The van der Waals surface area contributed by atoms with E-state index in [-0.39, 0.29) is 22.5 Å². The largest absolute Gasteiger partial charge is 0.450 e. The molecule has 0 radical (unpaired) electrons. The zero-order valence-electron chi connectivity index (χ0n) is 22.0. The molecule has 1 unspecified atom stereocenters. The summed E-state index contributed by atoms with van der Waals surface area (Å²) in [6.45, 7) is 16.4. The molecule has 4 rings (SSSR count). The number of aryl methyl sites for hydroxylation is 1. The second kappa shape index (κ2) is 9.98. The Balaban J connectivity index is 1.81. The maximum atomic E-state index is 13.8. The van der Waals surface area contributed by atoms with Crippen molar-refractivity contribution in [3.05, 3.63) is 80.7 Å². The molecule has 2 aromatic carbocycles. The molecule has 5 nitrogen and oxygen atoms in total. The van der Waals surface area contributed by atoms with Crippen molar-refractivity contribution in [2.24, 2.45) is 0 Å². The third kappa shape index (κ3) is 4.79. The van der Waals surface area contributed by atoms with Gasteiger partial charge in [0, 0.05) is 6.54 Å². The number of fused-ring (bicyclic) bond motifs is 2. The molecule has 0 saturated carbocycles. The molecular weight excluding hydrogens is 436 g/mol. The summed E-state index contributed by atoms with van der Waals surface area (Å²) in [5.74, 6) is 0.00231. The molecule has 0 saturated heterocycles. The Hall–Kier alpha value is -2.92. The molecule has 1 aromatic heterocycles. The quantitative estimate of drug-likeness (QED) is 0.406. The molecule has 1 atom stereocenters. The van der Waals surface area contributed by atoms with E-state index >= 15 is 0 Å². The van der Waals surface area contributed by atoms with Crippen LogP contribution >= 0.6 is 0 Å². The summed E-state index contributed by atoms with van der Waals surface area (Å²) < 4.78 is 6.12. The van der Waals surface area contributed by atoms with Crippen LogP contribution in [-0.2, 0) is 11.8 Å². The minimum absolute atomic E-state index is 0.0250. The maximum Gasteiger partial charge on any atom is 0.290 e. The summed E-state index contributed by atoms with van der Waals surface area (Å²) in [6.07, 6.45) is 1.67. The van der Waals surface area contributed by atoms with E-state index in [9.17, 15) is 9.59 Å². The fraction of sp³-hybridized carbons (Fsp3) is 0.467. The number of carbonyl (C=O) groups excluding carboxylic acids is 1. The first-order valence-corrected chi connectivity index (χ1v) is 12.9. The van der Waals surface area contributed by atoms with Crippen LogP contribution in [0.25, 0.3) is 11.0 Å². The van der Waals surface area contributed by atoms with Gasteiger partial charge in [-0.2, -0.15) is 0 Å². The van der Waals surface area contributed by atoms with Crippen LogP contribution in [0.1, 0.15) is 86.8 Å². The third-order valence-electron chi connectivity index (χ3n) is 7.30. The van der Waals surface area contributed by atoms with Gasteiger partial charge in [-0.3, -0.25) is 9.59 Å². The Morgan fingerprint density at radius 1 is 0.971 bits per heavy atom. The minimum Gasteiger partial charge on any atom is -0.450 e. The first kappa shape index (κ1) is 25.2. The molecule has 35 heavy (non-hydrogen) atoms. The van der Waals surface area contributed by atoms with Crippen LogP contribution in [0, 0.1) is 0 Å². The van der Waals surface area contributed by atoms with Gasteiger partial charge >= 0.3 is 0 Å². The van der Waals surface area contributed by atoms with Gasteiger partial charge < -0.3 is 14.2 Å². The SMILES string of the molecule is CCc1ccc2oc3c(c(=O)c2c1)C(c1ccc(C(C)(C)C)cc1)N(CCCN(CC)CC)C3=O. The first-order chi connectivity index (χ1) is 16.7. The molecule has 1 amide bonds. The van der Waals surface area contributed by atoms with Crippen molar-refractivity contribution in [3.63, 3.8) is 0 Å². The topological polar surface area (TPSA) is 53.8 Å². The third-order valence-corrected chi connectivity index (χ3v) is 7.30. The highest BCUT2D eigenvalue weighted by Crippen LogP contribution is 2.39. The summed E-state index contributed by atoms with van der Waals surface area (Å²) >= 11 is 0. The normalized spacial score (nSPS) is 15.9. The number of rotatable bonds is 8. The average molecular weight is 475 g/mol. The summed E-state index contributed by atoms with van der Waals surface area (Å²) in [5, 5.41) is 0.553. The van der Waals surface area contributed by atoms with Gasteiger partial charge in [-0.25, -0.2) is 0 Å². The Morgan fingerprint density at radius 2 is 1.66 bits per heavy atom. The lowest BCUT2D eigenvalue weighted by Gasteiger charge is -2.27. The van der Waals surface area contributed by atoms with Crippen molar-refractivity contribution in [1.82, 2.24) is 9.80 Å². The monoisotopic (exact) mass is 474 g/mol. The highest BCUT2D eigenvalue weighted by Gasteiger charge is 2.42. The predicted octanol–water partition coefficient (Wildman–Crippen LogP) is 5.93. The van der Waals surface area contributed by atoms with E-state index in [0.29, 0.717) is 23.1 Å². The fourth-order valence-electron chi connectivity index (χ4n) is 5.03. The van der Waals surface area contributed by atoms with Gasteiger partial charge in [-0.05, 0) is 66.7 Å². The molecule has 0 aliphatic carbocycles. The second-order valence-corrected chi connectivity index (χ2v) is 10.5. The summed E-state index contributed by atoms with van der Waals surface area (Å²) in [7, 11) is 0. The van der Waals surface area contributed by atoms with Crippen LogP contribution in [-0.4, -0.2) is 41.9 Å². The summed E-state index contributed by atoms with van der Waals surface area (Å²) in [4.78, 5) is 31.6. The van der Waals surface area contributed by atoms with Crippen LogP contribution in [0.5, 0.6) is 0 Å². The highest BCUT2D eigenvalue weighted by atomic mass is 16.3. The number of benzene rings is 2. The summed E-state index contributed by atoms with van der Waals surface area (Å²) in [6, 6.07) is 13.6. The van der Waals surface area contributed by atoms with Crippen molar-refractivity contribution < 1.29 is 9.21 Å². The van der Waals surface area contributed by atoms with Crippen molar-refractivity contribution >= 4 is 16.9 Å². The lowest BCUT2D eigenvalue weighted by Crippen LogP contribution is -2.33. The molecule has 3 aromatic rings. The van der Waals surface area contributed by atoms with Gasteiger partial charge in [0.25, 0.3) is 5.91 Å². The number of carbonyl (C=O) groups is 1. The Morgan fingerprint density at radius 3 is 2.26 bits per heavy atom. The van der Waals surface area contributed by atoms with Crippen LogP contribution < -0.4 is 5.43 Å². The fourth-order valence-corrected chi connectivity index (χ4v) is 5.03. The van der Waals surface area contributed by atoms with E-state index in [1.165, 1.54) is 5.56 Å². The van der Waals surface area contributed by atoms with Crippen LogP contribution in [0.15, 0.2) is 51.7 Å². The molecule has 2 heterocycles. The van der Waals surface area contributed by atoms with Crippen LogP contribution in [0.3, 0.4) is 0 Å². The van der Waals surface area contributed by atoms with Gasteiger partial charge in [0.1, 0.15) is 5.58 Å². The molecule has 0 bridgehead atoms. The lowest BCUT2D eigenvalue weighted by atomic mass is 9.86. The van der Waals surface area contributed by atoms with E-state index in [2.05, 4.69) is 70.7 Å². The number of hydrogen-bond acceptors (Lipinski definition) is 4. The molecule has 0 spiro atoms. The molecule has 0 N–H and O–H groups in total. The average Bonchev–Trinajstić information content (AvgIpc) is 3.13. The Bertz CT molecular complexity index is 1260. The van der Waals surface area contributed by atoms with Gasteiger partial charge in [0.15, 0.2) is 5.43 Å². The van der Waals surface area contributed by atoms with Gasteiger partial charge in [0.2, 0.25) is 5.76 Å². The maximum absolute atomic E-state index is 13.8. The predicted molar refractivity (Wildman–Crippen MR) is 142 cm³/mol. The minimum atomic E-state index is -0.436. The van der Waals surface area contributed by atoms with E-state index in [0.717, 1.165) is 43.6 Å². The van der Waals surface area contributed by atoms with Gasteiger partial charge in [-0.15, -0.1) is 0 Å². The van der Waals surface area contributed by atoms with Gasteiger partial charge in [0.05, 0.1) is 17.0 Å². The second-order valence-electron chi connectivity index (χ2n) is 10.5. The Labute approximate surface area is 208 Å². The van der Waals surface area contributed by atoms with Crippen molar-refractivity contribution in [3.8, 4) is 0 Å². The molecule has 1 aliphatic heterocycles. The summed E-state index contributed by atoms with van der Waals surface area (Å²) in [5.41, 5.74) is 4.13. The molecule has 5 heteroatoms. The standard InChI is InChI=1S/C30H38N2O3/c1-7-20-11-16-24-23(19-20)27(33)25-26(21-12-14-22(15-13-21)30(4,5)6)32(29(34)28(25)35-24)18-10-17-31(8-2)9-3/h11-16,19,26H,7-10,17-18H2,1-6H3. The van der Waals surface area contributed by atoms with Crippen LogP contribution in [0.4, 0.5) is 0 Å². The van der Waals surface area contributed by atoms with Gasteiger partial charge in [-0.1, -0.05) is 71.9 Å². The molecule has 186 valence electrons. The smallest absolute Gasteiger partial charge is 0.290 e. The van der Waals surface area contributed by atoms with E-state index in [4.69, 9.17) is 4.42 Å². The van der Waals surface area contributed by atoms with E-state index in [1.54, 1.807) is 0 Å². The highest BCUT2D eigenvalue weighted by molar-refractivity contribution is 5.99. The molecule has 0 fully saturated rings. The first-order valence-electron chi connectivity index (χ1n) is 12.9. The molecule has 1 aliphatic rings. The van der Waals surface area contributed by atoms with Crippen molar-refractivity contribution in [1.29, 1.82) is 0 Å². The molecular formula is C30H38N2O3. The van der Waals surface area contributed by atoms with E-state index in [1.807, 2.05) is 23.1 Å². The zero-order valence-corrected chi connectivity index (χ0v) is 22.0.